The first-order chi connectivity index (χ1) is 8.22. The third-order valence-corrected chi connectivity index (χ3v) is 3.45. The van der Waals surface area contributed by atoms with E-state index in [1.807, 2.05) is 18.2 Å². The third-order valence-electron chi connectivity index (χ3n) is 3.45. The van der Waals surface area contributed by atoms with E-state index in [1.54, 1.807) is 6.07 Å². The maximum absolute atomic E-state index is 11.3. The fourth-order valence-corrected chi connectivity index (χ4v) is 2.50. The number of carbonyl (C=O) groups excluding carboxylic acids is 1. The van der Waals surface area contributed by atoms with Crippen LogP contribution in [0.15, 0.2) is 24.3 Å². The number of rotatable bonds is 4. The largest absolute Gasteiger partial charge is 0.395 e. The normalized spacial score (nSPS) is 23.8. The van der Waals surface area contributed by atoms with E-state index in [0.717, 1.165) is 24.9 Å². The molecule has 0 unspecified atom stereocenters. The highest BCUT2D eigenvalue weighted by Gasteiger charge is 2.27. The second-order valence-corrected chi connectivity index (χ2v) is 4.52. The summed E-state index contributed by atoms with van der Waals surface area (Å²) >= 11 is 0. The zero-order valence-electron chi connectivity index (χ0n) is 9.73. The minimum Gasteiger partial charge on any atom is -0.395 e. The van der Waals surface area contributed by atoms with Gasteiger partial charge in [0.15, 0.2) is 0 Å². The smallest absolute Gasteiger partial charge is 0.248 e. The first-order valence-electron chi connectivity index (χ1n) is 5.94. The molecule has 0 aromatic heterocycles. The van der Waals surface area contributed by atoms with E-state index in [0.29, 0.717) is 11.5 Å². The number of hydrogen-bond donors (Lipinski definition) is 3. The highest BCUT2D eigenvalue weighted by Crippen LogP contribution is 2.22. The molecule has 1 aromatic rings. The van der Waals surface area contributed by atoms with Gasteiger partial charge in [-0.15, -0.1) is 0 Å². The monoisotopic (exact) mass is 234 g/mol. The van der Waals surface area contributed by atoms with E-state index in [2.05, 4.69) is 5.32 Å². The Bertz CT molecular complexity index is 406. The van der Waals surface area contributed by atoms with Gasteiger partial charge in [-0.3, -0.25) is 4.79 Å². The zero-order valence-corrected chi connectivity index (χ0v) is 9.73. The fraction of sp³-hybridized carbons (Fsp3) is 0.462. The molecule has 1 amide bonds. The average Bonchev–Trinajstić information content (AvgIpc) is 2.77. The number of primary amides is 1. The van der Waals surface area contributed by atoms with Gasteiger partial charge in [-0.1, -0.05) is 18.2 Å². The van der Waals surface area contributed by atoms with Crippen molar-refractivity contribution in [1.82, 2.24) is 5.32 Å². The van der Waals surface area contributed by atoms with Crippen LogP contribution in [0.3, 0.4) is 0 Å². The Morgan fingerprint density at radius 2 is 2.24 bits per heavy atom. The molecule has 0 aliphatic carbocycles. The Balaban J connectivity index is 2.15. The van der Waals surface area contributed by atoms with Crippen LogP contribution in [0.2, 0.25) is 0 Å². The maximum atomic E-state index is 11.3. The second-order valence-electron chi connectivity index (χ2n) is 4.52. The lowest BCUT2D eigenvalue weighted by atomic mass is 9.90. The van der Waals surface area contributed by atoms with Gasteiger partial charge in [-0.25, -0.2) is 0 Å². The van der Waals surface area contributed by atoms with Gasteiger partial charge in [-0.2, -0.15) is 0 Å². The summed E-state index contributed by atoms with van der Waals surface area (Å²) < 4.78 is 0. The molecule has 0 bridgehead atoms. The highest BCUT2D eigenvalue weighted by atomic mass is 16.3. The molecule has 4 heteroatoms. The van der Waals surface area contributed by atoms with E-state index >= 15 is 0 Å². The Morgan fingerprint density at radius 3 is 2.94 bits per heavy atom. The van der Waals surface area contributed by atoms with Crippen LogP contribution in [-0.2, 0) is 6.42 Å². The van der Waals surface area contributed by atoms with Crippen molar-refractivity contribution in [2.75, 3.05) is 13.2 Å². The van der Waals surface area contributed by atoms with Gasteiger partial charge in [0.05, 0.1) is 6.61 Å². The second kappa shape index (κ2) is 5.29. The molecule has 1 aliphatic rings. The zero-order chi connectivity index (χ0) is 12.3. The number of nitrogens with two attached hydrogens (primary N) is 1. The number of aliphatic hydroxyl groups excluding tert-OH is 1. The number of hydrogen-bond acceptors (Lipinski definition) is 3. The molecule has 0 spiro atoms. The topological polar surface area (TPSA) is 75.4 Å². The highest BCUT2D eigenvalue weighted by molar-refractivity contribution is 5.94. The molecule has 1 aromatic carbocycles. The summed E-state index contributed by atoms with van der Waals surface area (Å²) in [6.07, 6.45) is 1.82. The molecule has 1 aliphatic heterocycles. The molecule has 2 rings (SSSR count). The molecule has 2 atom stereocenters. The minimum absolute atomic E-state index is 0.135. The first-order valence-corrected chi connectivity index (χ1v) is 5.94. The Morgan fingerprint density at radius 1 is 1.47 bits per heavy atom. The Kier molecular flexibility index (Phi) is 3.76. The predicted octanol–water partition coefficient (Wildman–Crippen LogP) is 0.298. The van der Waals surface area contributed by atoms with Crippen LogP contribution in [0, 0.1) is 5.92 Å². The van der Waals surface area contributed by atoms with Crippen LogP contribution >= 0.6 is 0 Å². The third kappa shape index (κ3) is 2.65. The van der Waals surface area contributed by atoms with Crippen molar-refractivity contribution in [2.24, 2.45) is 11.7 Å². The van der Waals surface area contributed by atoms with Crippen molar-refractivity contribution in [3.8, 4) is 0 Å². The number of aliphatic hydroxyl groups is 1. The summed E-state index contributed by atoms with van der Waals surface area (Å²) in [6.45, 7) is 1.07. The van der Waals surface area contributed by atoms with Gasteiger partial charge >= 0.3 is 0 Å². The van der Waals surface area contributed by atoms with E-state index in [9.17, 15) is 9.90 Å². The van der Waals surface area contributed by atoms with E-state index in [1.165, 1.54) is 0 Å². The molecule has 1 saturated heterocycles. The quantitative estimate of drug-likeness (QED) is 0.701. The summed E-state index contributed by atoms with van der Waals surface area (Å²) in [5, 5.41) is 12.5. The van der Waals surface area contributed by atoms with Crippen LogP contribution in [0.5, 0.6) is 0 Å². The summed E-state index contributed by atoms with van der Waals surface area (Å²) in [6, 6.07) is 7.56. The van der Waals surface area contributed by atoms with E-state index in [4.69, 9.17) is 5.73 Å². The van der Waals surface area contributed by atoms with Crippen LogP contribution in [0.25, 0.3) is 0 Å². The Hall–Kier alpha value is -1.39. The maximum Gasteiger partial charge on any atom is 0.248 e. The lowest BCUT2D eigenvalue weighted by molar-refractivity contribution is 0.0999. The van der Waals surface area contributed by atoms with Crippen LogP contribution in [0.4, 0.5) is 0 Å². The summed E-state index contributed by atoms with van der Waals surface area (Å²) in [7, 11) is 0. The van der Waals surface area contributed by atoms with E-state index < -0.39 is 0 Å². The summed E-state index contributed by atoms with van der Waals surface area (Å²) in [5.41, 5.74) is 6.92. The van der Waals surface area contributed by atoms with Crippen molar-refractivity contribution in [2.45, 2.75) is 18.9 Å². The van der Waals surface area contributed by atoms with Gasteiger partial charge in [0, 0.05) is 11.6 Å². The molecule has 0 saturated carbocycles. The van der Waals surface area contributed by atoms with Crippen LogP contribution in [0.1, 0.15) is 22.3 Å². The lowest BCUT2D eigenvalue weighted by Gasteiger charge is -2.18. The van der Waals surface area contributed by atoms with Crippen molar-refractivity contribution in [3.63, 3.8) is 0 Å². The number of benzene rings is 1. The minimum atomic E-state index is -0.382. The SMILES string of the molecule is NC(=O)c1ccccc1C[C@H]1CCN[C@@H]1CO. The molecule has 1 heterocycles. The predicted molar refractivity (Wildman–Crippen MR) is 65.6 cm³/mol. The summed E-state index contributed by atoms with van der Waals surface area (Å²) in [4.78, 5) is 11.3. The van der Waals surface area contributed by atoms with Crippen molar-refractivity contribution < 1.29 is 9.90 Å². The first kappa shape index (κ1) is 12.1. The Labute approximate surface area is 101 Å². The number of amides is 1. The number of carbonyl (C=O) groups is 1. The molecule has 0 radical (unpaired) electrons. The van der Waals surface area contributed by atoms with Gasteiger partial charge in [-0.05, 0) is 36.9 Å². The molecule has 4 nitrogen and oxygen atoms in total. The lowest BCUT2D eigenvalue weighted by Crippen LogP contribution is -2.32. The molecule has 92 valence electrons. The van der Waals surface area contributed by atoms with Gasteiger partial charge in [0.1, 0.15) is 0 Å². The van der Waals surface area contributed by atoms with Gasteiger partial charge in [0.2, 0.25) is 5.91 Å². The van der Waals surface area contributed by atoms with E-state index in [-0.39, 0.29) is 18.6 Å². The molecule has 1 fully saturated rings. The van der Waals surface area contributed by atoms with Crippen LogP contribution < -0.4 is 11.1 Å². The molecule has 4 N–H and O–H groups in total. The van der Waals surface area contributed by atoms with Crippen LogP contribution in [-0.4, -0.2) is 30.2 Å². The number of nitrogens with one attached hydrogen (secondary N) is 1. The molecule has 17 heavy (non-hydrogen) atoms. The fourth-order valence-electron chi connectivity index (χ4n) is 2.50. The standard InChI is InChI=1S/C13H18N2O2/c14-13(17)11-4-2-1-3-9(11)7-10-5-6-15-12(10)8-16/h1-4,10,12,15-16H,5-8H2,(H2,14,17)/t10-,12-/m1/s1. The van der Waals surface area contributed by atoms with Gasteiger partial charge in [0.25, 0.3) is 0 Å². The molecular formula is C13H18N2O2. The summed E-state index contributed by atoms with van der Waals surface area (Å²) in [5.74, 6) is -0.00685. The van der Waals surface area contributed by atoms with Crippen molar-refractivity contribution in [1.29, 1.82) is 0 Å². The van der Waals surface area contributed by atoms with Crippen molar-refractivity contribution in [3.05, 3.63) is 35.4 Å². The average molecular weight is 234 g/mol. The molecular weight excluding hydrogens is 216 g/mol. The van der Waals surface area contributed by atoms with Crippen molar-refractivity contribution >= 4 is 5.91 Å². The van der Waals surface area contributed by atoms with Gasteiger partial charge < -0.3 is 16.2 Å².